The Balaban J connectivity index is 2.03. The fourth-order valence-corrected chi connectivity index (χ4v) is 2.87. The zero-order chi connectivity index (χ0) is 18.5. The number of aromatic nitrogens is 2. The first kappa shape index (κ1) is 17.9. The lowest BCUT2D eigenvalue weighted by Crippen LogP contribution is -2.39. The van der Waals surface area contributed by atoms with Crippen LogP contribution in [0.15, 0.2) is 54.6 Å². The minimum absolute atomic E-state index is 0.322. The number of rotatable bonds is 5. The molecule has 1 atom stereocenters. The molecule has 1 aromatic heterocycles. The number of esters is 1. The van der Waals surface area contributed by atoms with E-state index in [0.717, 1.165) is 16.6 Å². The Morgan fingerprint density at radius 2 is 1.69 bits per heavy atom. The number of benzene rings is 2. The number of fused-ring (bicyclic) bond motifs is 1. The van der Waals surface area contributed by atoms with E-state index in [0.29, 0.717) is 23.0 Å². The second-order valence-corrected chi connectivity index (χ2v) is 6.13. The standard InChI is InChI=1S/C20H19N3O2S/c1-3-25-20(24)13(2)21-19(26)18-17(14-9-5-4-6-10-14)22-15-11-7-8-12-16(15)23-18/h4-13H,3H2,1-2H3,(H,21,26). The highest BCUT2D eigenvalue weighted by Crippen LogP contribution is 2.23. The van der Waals surface area contributed by atoms with E-state index in [1.165, 1.54) is 0 Å². The SMILES string of the molecule is CCOC(=O)C(C)NC(=S)c1nc2ccccc2nc1-c1ccccc1. The highest BCUT2D eigenvalue weighted by Gasteiger charge is 2.20. The van der Waals surface area contributed by atoms with Crippen molar-refractivity contribution in [3.05, 3.63) is 60.3 Å². The van der Waals surface area contributed by atoms with Crippen molar-refractivity contribution in [3.8, 4) is 11.3 Å². The summed E-state index contributed by atoms with van der Waals surface area (Å²) in [7, 11) is 0. The molecular formula is C20H19N3O2S. The van der Waals surface area contributed by atoms with E-state index in [1.54, 1.807) is 13.8 Å². The van der Waals surface area contributed by atoms with Crippen LogP contribution < -0.4 is 5.32 Å². The van der Waals surface area contributed by atoms with Crippen LogP contribution in [0.3, 0.4) is 0 Å². The van der Waals surface area contributed by atoms with Gasteiger partial charge in [-0.15, -0.1) is 0 Å². The van der Waals surface area contributed by atoms with Gasteiger partial charge in [0.25, 0.3) is 0 Å². The Hall–Kier alpha value is -2.86. The first-order valence-electron chi connectivity index (χ1n) is 8.40. The number of carbonyl (C=O) groups excluding carboxylic acids is 1. The number of hydrogen-bond donors (Lipinski definition) is 1. The Labute approximate surface area is 157 Å². The van der Waals surface area contributed by atoms with Crippen molar-refractivity contribution in [3.63, 3.8) is 0 Å². The zero-order valence-corrected chi connectivity index (χ0v) is 15.4. The molecule has 0 fully saturated rings. The number of carbonyl (C=O) groups is 1. The molecule has 0 aliphatic carbocycles. The summed E-state index contributed by atoms with van der Waals surface area (Å²) in [5, 5.41) is 3.01. The minimum atomic E-state index is -0.570. The average molecular weight is 365 g/mol. The van der Waals surface area contributed by atoms with Crippen LogP contribution in [0.2, 0.25) is 0 Å². The predicted molar refractivity (Wildman–Crippen MR) is 106 cm³/mol. The topological polar surface area (TPSA) is 64.1 Å². The van der Waals surface area contributed by atoms with Crippen LogP contribution in [-0.2, 0) is 9.53 Å². The molecular weight excluding hydrogens is 346 g/mol. The summed E-state index contributed by atoms with van der Waals surface area (Å²) in [5.41, 5.74) is 3.67. The number of thiocarbonyl (C=S) groups is 1. The largest absolute Gasteiger partial charge is 0.464 e. The molecule has 0 radical (unpaired) electrons. The molecule has 0 bridgehead atoms. The molecule has 1 N–H and O–H groups in total. The highest BCUT2D eigenvalue weighted by molar-refractivity contribution is 7.80. The van der Waals surface area contributed by atoms with Gasteiger partial charge < -0.3 is 10.1 Å². The van der Waals surface area contributed by atoms with Crippen LogP contribution in [0.5, 0.6) is 0 Å². The van der Waals surface area contributed by atoms with Crippen molar-refractivity contribution in [2.45, 2.75) is 19.9 Å². The maximum absolute atomic E-state index is 11.9. The van der Waals surface area contributed by atoms with Gasteiger partial charge in [-0.1, -0.05) is 54.7 Å². The van der Waals surface area contributed by atoms with Crippen LogP contribution in [0.4, 0.5) is 0 Å². The molecule has 3 aromatic rings. The second-order valence-electron chi connectivity index (χ2n) is 5.72. The molecule has 0 spiro atoms. The summed E-state index contributed by atoms with van der Waals surface area (Å²) in [6.07, 6.45) is 0. The molecule has 0 amide bonds. The van der Waals surface area contributed by atoms with Crippen molar-refractivity contribution in [2.75, 3.05) is 6.61 Å². The lowest BCUT2D eigenvalue weighted by Gasteiger charge is -2.16. The first-order chi connectivity index (χ1) is 12.6. The van der Waals surface area contributed by atoms with E-state index in [9.17, 15) is 4.79 Å². The molecule has 0 aliphatic heterocycles. The number of ether oxygens (including phenoxy) is 1. The van der Waals surface area contributed by atoms with Crippen molar-refractivity contribution < 1.29 is 9.53 Å². The lowest BCUT2D eigenvalue weighted by atomic mass is 10.1. The zero-order valence-electron chi connectivity index (χ0n) is 14.6. The molecule has 0 aliphatic rings. The molecule has 5 nitrogen and oxygen atoms in total. The normalized spacial score (nSPS) is 11.8. The monoisotopic (exact) mass is 365 g/mol. The van der Waals surface area contributed by atoms with E-state index in [2.05, 4.69) is 5.32 Å². The van der Waals surface area contributed by atoms with E-state index in [-0.39, 0.29) is 5.97 Å². The molecule has 0 saturated carbocycles. The van der Waals surface area contributed by atoms with Gasteiger partial charge in [0, 0.05) is 5.56 Å². The van der Waals surface area contributed by atoms with Gasteiger partial charge in [0.1, 0.15) is 16.7 Å². The van der Waals surface area contributed by atoms with Gasteiger partial charge >= 0.3 is 5.97 Å². The Kier molecular flexibility index (Phi) is 5.53. The summed E-state index contributed by atoms with van der Waals surface area (Å²) in [5.74, 6) is -0.357. The van der Waals surface area contributed by atoms with Crippen molar-refractivity contribution in [2.24, 2.45) is 0 Å². The fraction of sp³-hybridized carbons (Fsp3) is 0.200. The molecule has 2 aromatic carbocycles. The highest BCUT2D eigenvalue weighted by atomic mass is 32.1. The van der Waals surface area contributed by atoms with E-state index in [1.807, 2.05) is 54.6 Å². The maximum atomic E-state index is 11.9. The van der Waals surface area contributed by atoms with Crippen LogP contribution >= 0.6 is 12.2 Å². The third kappa shape index (κ3) is 3.86. The summed E-state index contributed by atoms with van der Waals surface area (Å²) in [6, 6.07) is 16.8. The third-order valence-corrected chi connectivity index (χ3v) is 4.13. The number of nitrogens with zero attached hydrogens (tertiary/aromatic N) is 2. The summed E-state index contributed by atoms with van der Waals surface area (Å²) in [4.78, 5) is 21.7. The molecule has 132 valence electrons. The Morgan fingerprint density at radius 1 is 1.08 bits per heavy atom. The van der Waals surface area contributed by atoms with Gasteiger partial charge in [0.15, 0.2) is 0 Å². The van der Waals surface area contributed by atoms with Gasteiger partial charge in [-0.3, -0.25) is 0 Å². The summed E-state index contributed by atoms with van der Waals surface area (Å²) >= 11 is 5.53. The van der Waals surface area contributed by atoms with Gasteiger partial charge in [-0.05, 0) is 26.0 Å². The van der Waals surface area contributed by atoms with Crippen molar-refractivity contribution >= 4 is 34.2 Å². The lowest BCUT2D eigenvalue weighted by molar-refractivity contribution is -0.144. The quantitative estimate of drug-likeness (QED) is 0.551. The Morgan fingerprint density at radius 3 is 2.35 bits per heavy atom. The van der Waals surface area contributed by atoms with E-state index >= 15 is 0 Å². The number of para-hydroxylation sites is 2. The van der Waals surface area contributed by atoms with Gasteiger partial charge in [0.2, 0.25) is 0 Å². The van der Waals surface area contributed by atoms with Crippen LogP contribution in [0.25, 0.3) is 22.3 Å². The minimum Gasteiger partial charge on any atom is -0.464 e. The Bertz CT molecular complexity index is 944. The van der Waals surface area contributed by atoms with Gasteiger partial charge in [-0.2, -0.15) is 0 Å². The predicted octanol–water partition coefficient (Wildman–Crippen LogP) is 3.51. The molecule has 26 heavy (non-hydrogen) atoms. The third-order valence-electron chi connectivity index (χ3n) is 3.82. The van der Waals surface area contributed by atoms with Crippen molar-refractivity contribution in [1.29, 1.82) is 0 Å². The molecule has 0 saturated heterocycles. The maximum Gasteiger partial charge on any atom is 0.328 e. The van der Waals surface area contributed by atoms with Crippen LogP contribution in [0, 0.1) is 0 Å². The average Bonchev–Trinajstić information content (AvgIpc) is 2.67. The van der Waals surface area contributed by atoms with Crippen LogP contribution in [0.1, 0.15) is 19.5 Å². The number of hydrogen-bond acceptors (Lipinski definition) is 5. The number of nitrogens with one attached hydrogen (secondary N) is 1. The molecule has 1 unspecified atom stereocenters. The molecule has 1 heterocycles. The van der Waals surface area contributed by atoms with Crippen molar-refractivity contribution in [1.82, 2.24) is 15.3 Å². The van der Waals surface area contributed by atoms with E-state index in [4.69, 9.17) is 26.9 Å². The van der Waals surface area contributed by atoms with Crippen LogP contribution in [-0.4, -0.2) is 33.6 Å². The molecule has 6 heteroatoms. The summed E-state index contributed by atoms with van der Waals surface area (Å²) in [6.45, 7) is 3.80. The smallest absolute Gasteiger partial charge is 0.328 e. The van der Waals surface area contributed by atoms with Gasteiger partial charge in [0.05, 0.1) is 23.3 Å². The summed E-state index contributed by atoms with van der Waals surface area (Å²) < 4.78 is 5.03. The van der Waals surface area contributed by atoms with E-state index < -0.39 is 6.04 Å². The molecule has 3 rings (SSSR count). The fourth-order valence-electron chi connectivity index (χ4n) is 2.55. The first-order valence-corrected chi connectivity index (χ1v) is 8.80. The van der Waals surface area contributed by atoms with Gasteiger partial charge in [-0.25, -0.2) is 14.8 Å². The second kappa shape index (κ2) is 8.01.